The standard InChI is InChI=1S/C21H31ClN6/c1-3-11-27-12-9-19(10-13-27)26-21(23-4-2)24-14-17-15-25-28(16-17)20-7-5-18(22)6-8-20/h5-8,15-16,19H,3-4,9-14H2,1-2H3,(H2,23,24,26). The van der Waals surface area contributed by atoms with Crippen molar-refractivity contribution >= 4 is 17.6 Å². The number of guanidine groups is 1. The second kappa shape index (κ2) is 10.5. The Morgan fingerprint density at radius 1 is 1.21 bits per heavy atom. The van der Waals surface area contributed by atoms with Crippen molar-refractivity contribution in [2.45, 2.75) is 45.7 Å². The Balaban J connectivity index is 1.56. The maximum absolute atomic E-state index is 5.96. The van der Waals surface area contributed by atoms with E-state index in [0.717, 1.165) is 28.8 Å². The van der Waals surface area contributed by atoms with Crippen molar-refractivity contribution in [1.82, 2.24) is 25.3 Å². The van der Waals surface area contributed by atoms with Gasteiger partial charge in [0.25, 0.3) is 0 Å². The highest BCUT2D eigenvalue weighted by Crippen LogP contribution is 2.14. The molecule has 2 N–H and O–H groups in total. The monoisotopic (exact) mass is 402 g/mol. The molecule has 0 aliphatic carbocycles. The van der Waals surface area contributed by atoms with Crippen molar-refractivity contribution in [3.05, 3.63) is 47.2 Å². The normalized spacial score (nSPS) is 16.3. The third-order valence-electron chi connectivity index (χ3n) is 4.96. The van der Waals surface area contributed by atoms with Crippen molar-refractivity contribution in [3.63, 3.8) is 0 Å². The molecule has 1 aromatic carbocycles. The van der Waals surface area contributed by atoms with Crippen LogP contribution in [0.1, 0.15) is 38.7 Å². The van der Waals surface area contributed by atoms with Crippen molar-refractivity contribution in [3.8, 4) is 5.69 Å². The molecule has 1 aliphatic rings. The van der Waals surface area contributed by atoms with Gasteiger partial charge in [0.2, 0.25) is 0 Å². The molecule has 0 spiro atoms. The summed E-state index contributed by atoms with van der Waals surface area (Å²) in [7, 11) is 0. The van der Waals surface area contributed by atoms with Gasteiger partial charge < -0.3 is 15.5 Å². The first kappa shape index (κ1) is 20.7. The first-order valence-corrected chi connectivity index (χ1v) is 10.6. The molecule has 0 saturated carbocycles. The van der Waals surface area contributed by atoms with E-state index in [9.17, 15) is 0 Å². The van der Waals surface area contributed by atoms with Crippen LogP contribution < -0.4 is 10.6 Å². The lowest BCUT2D eigenvalue weighted by molar-refractivity contribution is 0.206. The van der Waals surface area contributed by atoms with E-state index >= 15 is 0 Å². The number of aromatic nitrogens is 2. The highest BCUT2D eigenvalue weighted by atomic mass is 35.5. The number of aliphatic imine (C=N–C) groups is 1. The van der Waals surface area contributed by atoms with Gasteiger partial charge in [-0.05, 0) is 57.0 Å². The van der Waals surface area contributed by atoms with Gasteiger partial charge in [-0.15, -0.1) is 0 Å². The van der Waals surface area contributed by atoms with Crippen molar-refractivity contribution in [1.29, 1.82) is 0 Å². The first-order chi connectivity index (χ1) is 13.7. The van der Waals surface area contributed by atoms with E-state index in [2.05, 4.69) is 34.5 Å². The lowest BCUT2D eigenvalue weighted by Crippen LogP contribution is -2.48. The van der Waals surface area contributed by atoms with Crippen LogP contribution in [0, 0.1) is 0 Å². The van der Waals surface area contributed by atoms with Gasteiger partial charge in [0, 0.05) is 42.5 Å². The van der Waals surface area contributed by atoms with Gasteiger partial charge in [0.15, 0.2) is 5.96 Å². The summed E-state index contributed by atoms with van der Waals surface area (Å²) in [4.78, 5) is 7.31. The molecule has 7 heteroatoms. The summed E-state index contributed by atoms with van der Waals surface area (Å²) in [6, 6.07) is 8.14. The van der Waals surface area contributed by atoms with E-state index < -0.39 is 0 Å². The molecule has 2 heterocycles. The van der Waals surface area contributed by atoms with Crippen LogP contribution in [0.5, 0.6) is 0 Å². The first-order valence-electron chi connectivity index (χ1n) is 10.2. The Hall–Kier alpha value is -2.05. The van der Waals surface area contributed by atoms with Crippen LogP contribution in [0.2, 0.25) is 5.02 Å². The number of nitrogens with one attached hydrogen (secondary N) is 2. The summed E-state index contributed by atoms with van der Waals surface area (Å²) in [6.07, 6.45) is 7.44. The van der Waals surface area contributed by atoms with E-state index in [4.69, 9.17) is 16.6 Å². The van der Waals surface area contributed by atoms with Gasteiger partial charge >= 0.3 is 0 Å². The summed E-state index contributed by atoms with van der Waals surface area (Å²) in [5.41, 5.74) is 2.06. The highest BCUT2D eigenvalue weighted by molar-refractivity contribution is 6.30. The number of nitrogens with zero attached hydrogens (tertiary/aromatic N) is 4. The number of likely N-dealkylation sites (tertiary alicyclic amines) is 1. The molecule has 28 heavy (non-hydrogen) atoms. The van der Waals surface area contributed by atoms with Crippen LogP contribution >= 0.6 is 11.6 Å². The van der Waals surface area contributed by atoms with E-state index in [-0.39, 0.29) is 0 Å². The number of hydrogen-bond acceptors (Lipinski definition) is 3. The number of piperidine rings is 1. The Labute approximate surface area is 173 Å². The smallest absolute Gasteiger partial charge is 0.191 e. The zero-order chi connectivity index (χ0) is 19.8. The molecule has 1 aromatic heterocycles. The zero-order valence-electron chi connectivity index (χ0n) is 16.9. The van der Waals surface area contributed by atoms with Gasteiger partial charge in [-0.2, -0.15) is 5.10 Å². The number of benzene rings is 1. The molecule has 3 rings (SSSR count). The molecule has 2 aromatic rings. The largest absolute Gasteiger partial charge is 0.357 e. The second-order valence-electron chi connectivity index (χ2n) is 7.22. The maximum Gasteiger partial charge on any atom is 0.191 e. The third kappa shape index (κ3) is 5.97. The minimum Gasteiger partial charge on any atom is -0.357 e. The van der Waals surface area contributed by atoms with Crippen LogP contribution in [0.3, 0.4) is 0 Å². The molecule has 0 amide bonds. The fraction of sp³-hybridized carbons (Fsp3) is 0.524. The summed E-state index contributed by atoms with van der Waals surface area (Å²) in [6.45, 7) is 9.33. The molecule has 0 radical (unpaired) electrons. The van der Waals surface area contributed by atoms with Gasteiger partial charge in [-0.25, -0.2) is 9.67 Å². The fourth-order valence-electron chi connectivity index (χ4n) is 3.48. The molecule has 6 nitrogen and oxygen atoms in total. The average molecular weight is 403 g/mol. The third-order valence-corrected chi connectivity index (χ3v) is 5.21. The number of halogens is 1. The molecule has 1 saturated heterocycles. The van der Waals surface area contributed by atoms with Gasteiger partial charge in [0.1, 0.15) is 0 Å². The predicted molar refractivity (Wildman–Crippen MR) is 116 cm³/mol. The topological polar surface area (TPSA) is 57.5 Å². The van der Waals surface area contributed by atoms with Crippen molar-refractivity contribution < 1.29 is 0 Å². The van der Waals surface area contributed by atoms with E-state index in [0.29, 0.717) is 12.6 Å². The predicted octanol–water partition coefficient (Wildman–Crippen LogP) is 3.46. The van der Waals surface area contributed by atoms with Crippen LogP contribution in [0.25, 0.3) is 5.69 Å². The van der Waals surface area contributed by atoms with Gasteiger partial charge in [-0.3, -0.25) is 0 Å². The van der Waals surface area contributed by atoms with E-state index in [1.54, 1.807) is 0 Å². The average Bonchev–Trinajstić information content (AvgIpc) is 3.18. The Morgan fingerprint density at radius 2 is 1.96 bits per heavy atom. The van der Waals surface area contributed by atoms with Crippen molar-refractivity contribution in [2.75, 3.05) is 26.2 Å². The molecule has 0 bridgehead atoms. The molecular formula is C21H31ClN6. The minimum atomic E-state index is 0.489. The summed E-state index contributed by atoms with van der Waals surface area (Å²) in [5.74, 6) is 0.885. The molecule has 0 unspecified atom stereocenters. The Morgan fingerprint density at radius 3 is 2.64 bits per heavy atom. The number of hydrogen-bond donors (Lipinski definition) is 2. The molecule has 152 valence electrons. The quantitative estimate of drug-likeness (QED) is 0.550. The summed E-state index contributed by atoms with van der Waals surface area (Å²) < 4.78 is 1.85. The lowest BCUT2D eigenvalue weighted by Gasteiger charge is -2.32. The van der Waals surface area contributed by atoms with Crippen LogP contribution in [-0.2, 0) is 6.54 Å². The van der Waals surface area contributed by atoms with Crippen molar-refractivity contribution in [2.24, 2.45) is 4.99 Å². The van der Waals surface area contributed by atoms with Crippen LogP contribution in [0.15, 0.2) is 41.7 Å². The zero-order valence-corrected chi connectivity index (χ0v) is 17.6. The SMILES string of the molecule is CCCN1CCC(NC(=NCc2cnn(-c3ccc(Cl)cc3)c2)NCC)CC1. The molecule has 0 atom stereocenters. The van der Waals surface area contributed by atoms with Crippen LogP contribution in [-0.4, -0.2) is 52.9 Å². The second-order valence-corrected chi connectivity index (χ2v) is 7.66. The Kier molecular flexibility index (Phi) is 7.74. The fourth-order valence-corrected chi connectivity index (χ4v) is 3.60. The Bertz CT molecular complexity index is 747. The summed E-state index contributed by atoms with van der Waals surface area (Å²) >= 11 is 5.96. The molecule has 1 fully saturated rings. The lowest BCUT2D eigenvalue weighted by atomic mass is 10.1. The van der Waals surface area contributed by atoms with E-state index in [1.165, 1.54) is 38.9 Å². The molecular weight excluding hydrogens is 372 g/mol. The number of rotatable bonds is 7. The summed E-state index contributed by atoms with van der Waals surface area (Å²) in [5, 5.41) is 12.1. The van der Waals surface area contributed by atoms with Gasteiger partial charge in [-0.1, -0.05) is 18.5 Å². The van der Waals surface area contributed by atoms with E-state index in [1.807, 2.05) is 41.3 Å². The van der Waals surface area contributed by atoms with Crippen LogP contribution in [0.4, 0.5) is 0 Å². The van der Waals surface area contributed by atoms with Gasteiger partial charge in [0.05, 0.1) is 18.4 Å². The molecule has 1 aliphatic heterocycles. The highest BCUT2D eigenvalue weighted by Gasteiger charge is 2.19. The minimum absolute atomic E-state index is 0.489. The maximum atomic E-state index is 5.96.